The number of nitrogen functional groups attached to an aromatic ring is 2. The smallest absolute Gasteiger partial charge is 0.123 e. The molecule has 0 aliphatic heterocycles. The van der Waals surface area contributed by atoms with Crippen LogP contribution in [0.3, 0.4) is 0 Å². The number of hydrogen-bond acceptors (Lipinski definition) is 3. The molecule has 0 aliphatic carbocycles. The number of aryl methyl sites for hydroxylation is 1. The Morgan fingerprint density at radius 1 is 1.17 bits per heavy atom. The molecule has 0 unspecified atom stereocenters. The van der Waals surface area contributed by atoms with Gasteiger partial charge in [-0.05, 0) is 18.6 Å². The number of halogens is 1. The molecular formula is C8H13ClN2O. The van der Waals surface area contributed by atoms with Crippen molar-refractivity contribution in [3.05, 3.63) is 17.7 Å². The van der Waals surface area contributed by atoms with Crippen molar-refractivity contribution in [1.82, 2.24) is 0 Å². The Balaban J connectivity index is 0.00000121. The molecule has 0 bridgehead atoms. The molecule has 68 valence electrons. The van der Waals surface area contributed by atoms with Crippen LogP contribution in [0.25, 0.3) is 0 Å². The van der Waals surface area contributed by atoms with E-state index in [-0.39, 0.29) is 12.4 Å². The lowest BCUT2D eigenvalue weighted by Crippen LogP contribution is -1.97. The minimum atomic E-state index is 0. The third-order valence-electron chi connectivity index (χ3n) is 1.60. The van der Waals surface area contributed by atoms with Gasteiger partial charge in [-0.1, -0.05) is 0 Å². The normalized spacial score (nSPS) is 8.83. The lowest BCUT2D eigenvalue weighted by atomic mass is 10.2. The highest BCUT2D eigenvalue weighted by atomic mass is 35.5. The summed E-state index contributed by atoms with van der Waals surface area (Å²) in [5, 5.41) is 0. The molecule has 0 heterocycles. The maximum Gasteiger partial charge on any atom is 0.123 e. The first-order valence-corrected chi connectivity index (χ1v) is 3.34. The molecule has 0 spiro atoms. The van der Waals surface area contributed by atoms with Gasteiger partial charge in [-0.25, -0.2) is 0 Å². The highest BCUT2D eigenvalue weighted by molar-refractivity contribution is 5.85. The fourth-order valence-corrected chi connectivity index (χ4v) is 0.946. The zero-order valence-corrected chi connectivity index (χ0v) is 7.94. The van der Waals surface area contributed by atoms with E-state index in [1.807, 2.05) is 6.92 Å². The SMILES string of the molecule is COc1cc(N)c(N)cc1C.Cl. The summed E-state index contributed by atoms with van der Waals surface area (Å²) >= 11 is 0. The van der Waals surface area contributed by atoms with Crippen molar-refractivity contribution in [2.75, 3.05) is 18.6 Å². The summed E-state index contributed by atoms with van der Waals surface area (Å²) in [5.74, 6) is 0.775. The van der Waals surface area contributed by atoms with Crippen molar-refractivity contribution in [3.8, 4) is 5.75 Å². The summed E-state index contributed by atoms with van der Waals surface area (Å²) < 4.78 is 5.05. The molecule has 4 heteroatoms. The summed E-state index contributed by atoms with van der Waals surface area (Å²) in [6, 6.07) is 3.53. The van der Waals surface area contributed by atoms with E-state index in [0.717, 1.165) is 11.3 Å². The molecule has 0 atom stereocenters. The van der Waals surface area contributed by atoms with Crippen molar-refractivity contribution in [2.45, 2.75) is 6.92 Å². The highest BCUT2D eigenvalue weighted by Crippen LogP contribution is 2.25. The largest absolute Gasteiger partial charge is 0.496 e. The predicted molar refractivity (Wildman–Crippen MR) is 53.8 cm³/mol. The highest BCUT2D eigenvalue weighted by Gasteiger charge is 2.01. The Bertz CT molecular complexity index is 276. The lowest BCUT2D eigenvalue weighted by Gasteiger charge is -2.07. The van der Waals surface area contributed by atoms with Gasteiger partial charge in [0, 0.05) is 6.07 Å². The number of hydrogen-bond donors (Lipinski definition) is 2. The molecule has 0 aromatic heterocycles. The summed E-state index contributed by atoms with van der Waals surface area (Å²) in [7, 11) is 1.61. The van der Waals surface area contributed by atoms with E-state index in [9.17, 15) is 0 Å². The monoisotopic (exact) mass is 188 g/mol. The van der Waals surface area contributed by atoms with Crippen LogP contribution in [-0.2, 0) is 0 Å². The van der Waals surface area contributed by atoms with Crippen molar-refractivity contribution >= 4 is 23.8 Å². The van der Waals surface area contributed by atoms with E-state index in [1.54, 1.807) is 19.2 Å². The predicted octanol–water partition coefficient (Wildman–Crippen LogP) is 1.59. The number of methoxy groups -OCH3 is 1. The third kappa shape index (κ3) is 1.95. The van der Waals surface area contributed by atoms with E-state index >= 15 is 0 Å². The van der Waals surface area contributed by atoms with Crippen LogP contribution in [0, 0.1) is 6.92 Å². The Kier molecular flexibility index (Phi) is 3.70. The van der Waals surface area contributed by atoms with Gasteiger partial charge in [0.05, 0.1) is 18.5 Å². The second-order valence-electron chi connectivity index (χ2n) is 2.45. The van der Waals surface area contributed by atoms with Gasteiger partial charge in [-0.15, -0.1) is 12.4 Å². The topological polar surface area (TPSA) is 61.3 Å². The van der Waals surface area contributed by atoms with Crippen LogP contribution in [0.1, 0.15) is 5.56 Å². The minimum absolute atomic E-state index is 0. The van der Waals surface area contributed by atoms with Crippen LogP contribution in [0.4, 0.5) is 11.4 Å². The van der Waals surface area contributed by atoms with Gasteiger partial charge in [0.2, 0.25) is 0 Å². The fourth-order valence-electron chi connectivity index (χ4n) is 0.946. The second-order valence-corrected chi connectivity index (χ2v) is 2.45. The lowest BCUT2D eigenvalue weighted by molar-refractivity contribution is 0.412. The molecular weight excluding hydrogens is 176 g/mol. The summed E-state index contributed by atoms with van der Waals surface area (Å²) in [5.41, 5.74) is 13.3. The first kappa shape index (κ1) is 10.9. The van der Waals surface area contributed by atoms with Crippen LogP contribution < -0.4 is 16.2 Å². The van der Waals surface area contributed by atoms with Crippen LogP contribution in [0.5, 0.6) is 5.75 Å². The van der Waals surface area contributed by atoms with Crippen molar-refractivity contribution < 1.29 is 4.74 Å². The Labute approximate surface area is 78.1 Å². The molecule has 0 radical (unpaired) electrons. The quantitative estimate of drug-likeness (QED) is 0.658. The molecule has 1 rings (SSSR count). The van der Waals surface area contributed by atoms with Gasteiger partial charge in [0.1, 0.15) is 5.75 Å². The standard InChI is InChI=1S/C8H12N2O.ClH/c1-5-3-6(9)7(10)4-8(5)11-2;/h3-4H,9-10H2,1-2H3;1H. The fraction of sp³-hybridized carbons (Fsp3) is 0.250. The number of benzene rings is 1. The first-order valence-electron chi connectivity index (χ1n) is 3.34. The molecule has 12 heavy (non-hydrogen) atoms. The molecule has 0 saturated carbocycles. The average Bonchev–Trinajstić information content (AvgIpc) is 1.97. The maximum absolute atomic E-state index is 5.56. The zero-order chi connectivity index (χ0) is 8.43. The first-order chi connectivity index (χ1) is 5.15. The molecule has 4 N–H and O–H groups in total. The average molecular weight is 189 g/mol. The molecule has 0 aliphatic rings. The number of anilines is 2. The molecule has 0 fully saturated rings. The van der Waals surface area contributed by atoms with Gasteiger partial charge >= 0.3 is 0 Å². The van der Waals surface area contributed by atoms with Crippen LogP contribution in [0.15, 0.2) is 12.1 Å². The van der Waals surface area contributed by atoms with Crippen LogP contribution in [-0.4, -0.2) is 7.11 Å². The van der Waals surface area contributed by atoms with E-state index in [2.05, 4.69) is 0 Å². The van der Waals surface area contributed by atoms with Crippen LogP contribution >= 0.6 is 12.4 Å². The number of nitrogens with two attached hydrogens (primary N) is 2. The van der Waals surface area contributed by atoms with E-state index < -0.39 is 0 Å². The van der Waals surface area contributed by atoms with Gasteiger partial charge < -0.3 is 16.2 Å². The van der Waals surface area contributed by atoms with Gasteiger partial charge in [0.25, 0.3) is 0 Å². The van der Waals surface area contributed by atoms with Crippen LogP contribution in [0.2, 0.25) is 0 Å². The number of ether oxygens (including phenoxy) is 1. The number of rotatable bonds is 1. The molecule has 0 amide bonds. The maximum atomic E-state index is 5.56. The van der Waals surface area contributed by atoms with E-state index in [1.165, 1.54) is 0 Å². The van der Waals surface area contributed by atoms with Crippen molar-refractivity contribution in [1.29, 1.82) is 0 Å². The van der Waals surface area contributed by atoms with Crippen molar-refractivity contribution in [3.63, 3.8) is 0 Å². The third-order valence-corrected chi connectivity index (χ3v) is 1.60. The van der Waals surface area contributed by atoms with Crippen molar-refractivity contribution in [2.24, 2.45) is 0 Å². The van der Waals surface area contributed by atoms with E-state index in [4.69, 9.17) is 16.2 Å². The molecule has 1 aromatic rings. The molecule has 0 saturated heterocycles. The summed E-state index contributed by atoms with van der Waals surface area (Å²) in [6.07, 6.45) is 0. The minimum Gasteiger partial charge on any atom is -0.496 e. The molecule has 3 nitrogen and oxygen atoms in total. The van der Waals surface area contributed by atoms with Gasteiger partial charge in [-0.2, -0.15) is 0 Å². The Morgan fingerprint density at radius 3 is 2.17 bits per heavy atom. The van der Waals surface area contributed by atoms with Gasteiger partial charge in [0.15, 0.2) is 0 Å². The second kappa shape index (κ2) is 4.07. The Hall–Kier alpha value is -1.09. The zero-order valence-electron chi connectivity index (χ0n) is 7.13. The Morgan fingerprint density at radius 2 is 1.67 bits per heavy atom. The molecule has 1 aromatic carbocycles. The summed E-state index contributed by atoms with van der Waals surface area (Å²) in [6.45, 7) is 1.93. The summed E-state index contributed by atoms with van der Waals surface area (Å²) in [4.78, 5) is 0. The van der Waals surface area contributed by atoms with E-state index in [0.29, 0.717) is 11.4 Å². The van der Waals surface area contributed by atoms with Gasteiger partial charge in [-0.3, -0.25) is 0 Å².